The Morgan fingerprint density at radius 1 is 1.17 bits per heavy atom. The molecule has 0 bridgehead atoms. The molecule has 0 saturated carbocycles. The Hall–Kier alpha value is -2.31. The van der Waals surface area contributed by atoms with E-state index in [1.165, 1.54) is 16.0 Å². The molecule has 0 unspecified atom stereocenters. The molecule has 0 aliphatic carbocycles. The van der Waals surface area contributed by atoms with Crippen LogP contribution in [-0.4, -0.2) is 33.1 Å². The number of carbonyl (C=O) groups is 1. The molecule has 1 N–H and O–H groups in total. The number of aromatic nitrogens is 2. The lowest BCUT2D eigenvalue weighted by Gasteiger charge is -2.21. The van der Waals surface area contributed by atoms with Gasteiger partial charge in [-0.1, -0.05) is 24.6 Å². The quantitative estimate of drug-likeness (QED) is 0.491. The Morgan fingerprint density at radius 2 is 1.97 bits per heavy atom. The van der Waals surface area contributed by atoms with E-state index < -0.39 is 0 Å². The average Bonchev–Trinajstić information content (AvgIpc) is 2.70. The minimum absolute atomic E-state index is 0.0574. The molecule has 0 saturated heterocycles. The number of aromatic amines is 1. The first kappa shape index (κ1) is 22.4. The van der Waals surface area contributed by atoms with E-state index in [1.807, 2.05) is 6.92 Å². The number of nitrogens with one attached hydrogen (secondary N) is 1. The number of amides is 1. The minimum Gasteiger partial charge on any atom is -0.335 e. The summed E-state index contributed by atoms with van der Waals surface area (Å²) in [5.74, 6) is 1.24. The molecule has 0 atom stereocenters. The van der Waals surface area contributed by atoms with Crippen LogP contribution in [0.15, 0.2) is 46.1 Å². The SMILES string of the molecule is CCCN(Cc1nc2cc(Cl)ccc2c(=O)[nH]1)C(=O)CCSc1ccc(C)c(C)c1. The third kappa shape index (κ3) is 5.64. The van der Waals surface area contributed by atoms with E-state index >= 15 is 0 Å². The highest BCUT2D eigenvalue weighted by atomic mass is 35.5. The van der Waals surface area contributed by atoms with E-state index in [4.69, 9.17) is 11.6 Å². The third-order valence-corrected chi connectivity index (χ3v) is 6.20. The number of thioether (sulfide) groups is 1. The molecule has 0 spiro atoms. The van der Waals surface area contributed by atoms with Gasteiger partial charge in [0.2, 0.25) is 5.91 Å². The van der Waals surface area contributed by atoms with Crippen molar-refractivity contribution >= 4 is 40.2 Å². The van der Waals surface area contributed by atoms with Crippen molar-refractivity contribution in [3.8, 4) is 0 Å². The van der Waals surface area contributed by atoms with Gasteiger partial charge in [0.25, 0.3) is 5.56 Å². The van der Waals surface area contributed by atoms with Crippen LogP contribution in [0, 0.1) is 13.8 Å². The molecule has 5 nitrogen and oxygen atoms in total. The Kier molecular flexibility index (Phi) is 7.56. The highest BCUT2D eigenvalue weighted by Gasteiger charge is 2.15. The number of nitrogens with zero attached hydrogens (tertiary/aromatic N) is 2. The van der Waals surface area contributed by atoms with Crippen molar-refractivity contribution in [1.29, 1.82) is 0 Å². The van der Waals surface area contributed by atoms with Gasteiger partial charge in [-0.05, 0) is 61.7 Å². The van der Waals surface area contributed by atoms with Crippen molar-refractivity contribution in [2.24, 2.45) is 0 Å². The summed E-state index contributed by atoms with van der Waals surface area (Å²) in [5, 5.41) is 1.01. The van der Waals surface area contributed by atoms with E-state index in [-0.39, 0.29) is 18.0 Å². The second-order valence-electron chi connectivity index (χ2n) is 7.33. The molecule has 0 aliphatic heterocycles. The Labute approximate surface area is 185 Å². The van der Waals surface area contributed by atoms with Gasteiger partial charge >= 0.3 is 0 Å². The summed E-state index contributed by atoms with van der Waals surface area (Å²) in [7, 11) is 0. The summed E-state index contributed by atoms with van der Waals surface area (Å²) in [6.07, 6.45) is 1.26. The molecule has 0 radical (unpaired) electrons. The van der Waals surface area contributed by atoms with Gasteiger partial charge in [0.15, 0.2) is 0 Å². The van der Waals surface area contributed by atoms with Crippen molar-refractivity contribution in [2.75, 3.05) is 12.3 Å². The van der Waals surface area contributed by atoms with Crippen molar-refractivity contribution < 1.29 is 4.79 Å². The first-order valence-electron chi connectivity index (χ1n) is 10.0. The monoisotopic (exact) mass is 443 g/mol. The molecular formula is C23H26ClN3O2S. The molecule has 3 aromatic rings. The number of aryl methyl sites for hydroxylation is 2. The van der Waals surface area contributed by atoms with Crippen LogP contribution in [0.2, 0.25) is 5.02 Å². The van der Waals surface area contributed by atoms with Crippen molar-refractivity contribution in [1.82, 2.24) is 14.9 Å². The van der Waals surface area contributed by atoms with Gasteiger partial charge in [-0.2, -0.15) is 0 Å². The maximum atomic E-state index is 12.8. The van der Waals surface area contributed by atoms with Gasteiger partial charge in [0.05, 0.1) is 17.4 Å². The van der Waals surface area contributed by atoms with Crippen LogP contribution in [-0.2, 0) is 11.3 Å². The summed E-state index contributed by atoms with van der Waals surface area (Å²) in [6, 6.07) is 11.4. The number of H-pyrrole nitrogens is 1. The van der Waals surface area contributed by atoms with Gasteiger partial charge in [-0.25, -0.2) is 4.98 Å². The fourth-order valence-electron chi connectivity index (χ4n) is 3.20. The number of rotatable bonds is 8. The Bertz CT molecular complexity index is 1110. The van der Waals surface area contributed by atoms with E-state index in [0.717, 1.165) is 6.42 Å². The molecule has 7 heteroatoms. The number of fused-ring (bicyclic) bond motifs is 1. The lowest BCUT2D eigenvalue weighted by Crippen LogP contribution is -2.33. The standard InChI is InChI=1S/C23H26ClN3O2S/c1-4-10-27(22(28)9-11-30-18-7-5-15(2)16(3)12-18)14-21-25-20-13-17(24)6-8-19(20)23(29)26-21/h5-8,12-13H,4,9-11,14H2,1-3H3,(H,25,26,29). The second-order valence-corrected chi connectivity index (χ2v) is 8.94. The smallest absolute Gasteiger partial charge is 0.258 e. The fourth-order valence-corrected chi connectivity index (χ4v) is 4.30. The van der Waals surface area contributed by atoms with E-state index in [2.05, 4.69) is 42.0 Å². The van der Waals surface area contributed by atoms with Gasteiger partial charge in [-0.15, -0.1) is 11.8 Å². The predicted octanol–water partition coefficient (Wildman–Crippen LogP) is 5.11. The topological polar surface area (TPSA) is 66.1 Å². The van der Waals surface area contributed by atoms with Crippen LogP contribution in [0.1, 0.15) is 36.7 Å². The van der Waals surface area contributed by atoms with Crippen LogP contribution in [0.5, 0.6) is 0 Å². The summed E-state index contributed by atoms with van der Waals surface area (Å²) in [5.41, 5.74) is 2.84. The van der Waals surface area contributed by atoms with Gasteiger partial charge in [0, 0.05) is 28.6 Å². The zero-order chi connectivity index (χ0) is 21.7. The Morgan fingerprint density at radius 3 is 2.70 bits per heavy atom. The van der Waals surface area contributed by atoms with E-state index in [9.17, 15) is 9.59 Å². The second kappa shape index (κ2) is 10.1. The first-order chi connectivity index (χ1) is 14.4. The van der Waals surface area contributed by atoms with Gasteiger partial charge in [0.1, 0.15) is 5.82 Å². The van der Waals surface area contributed by atoms with E-state index in [1.54, 1.807) is 34.9 Å². The predicted molar refractivity (Wildman–Crippen MR) is 124 cm³/mol. The molecule has 1 aromatic heterocycles. The van der Waals surface area contributed by atoms with Crippen molar-refractivity contribution in [2.45, 2.75) is 45.1 Å². The van der Waals surface area contributed by atoms with Crippen LogP contribution < -0.4 is 5.56 Å². The fraction of sp³-hybridized carbons (Fsp3) is 0.348. The number of hydrogen-bond acceptors (Lipinski definition) is 4. The molecule has 0 fully saturated rings. The summed E-state index contributed by atoms with van der Waals surface area (Å²) in [6.45, 7) is 7.11. The zero-order valence-corrected chi connectivity index (χ0v) is 19.1. The summed E-state index contributed by atoms with van der Waals surface area (Å²) < 4.78 is 0. The summed E-state index contributed by atoms with van der Waals surface area (Å²) >= 11 is 7.72. The molecule has 1 amide bonds. The van der Waals surface area contributed by atoms with Gasteiger partial charge in [-0.3, -0.25) is 9.59 Å². The molecular weight excluding hydrogens is 418 g/mol. The largest absolute Gasteiger partial charge is 0.335 e. The lowest BCUT2D eigenvalue weighted by atomic mass is 10.1. The third-order valence-electron chi connectivity index (χ3n) is 4.97. The molecule has 30 heavy (non-hydrogen) atoms. The molecule has 1 heterocycles. The first-order valence-corrected chi connectivity index (χ1v) is 11.4. The summed E-state index contributed by atoms with van der Waals surface area (Å²) in [4.78, 5) is 35.4. The van der Waals surface area contributed by atoms with E-state index in [0.29, 0.717) is 40.5 Å². The Balaban J connectivity index is 1.67. The van der Waals surface area contributed by atoms with Gasteiger partial charge < -0.3 is 9.88 Å². The average molecular weight is 444 g/mol. The number of carbonyl (C=O) groups excluding carboxylic acids is 1. The number of benzene rings is 2. The maximum absolute atomic E-state index is 12.8. The molecule has 0 aliphatic rings. The van der Waals surface area contributed by atoms with Crippen molar-refractivity contribution in [3.63, 3.8) is 0 Å². The highest BCUT2D eigenvalue weighted by molar-refractivity contribution is 7.99. The lowest BCUT2D eigenvalue weighted by molar-refractivity contribution is -0.131. The molecule has 2 aromatic carbocycles. The van der Waals surface area contributed by atoms with Crippen molar-refractivity contribution in [3.05, 3.63) is 68.7 Å². The normalized spacial score (nSPS) is 11.1. The van der Waals surface area contributed by atoms with Crippen LogP contribution in [0.4, 0.5) is 0 Å². The maximum Gasteiger partial charge on any atom is 0.258 e. The number of hydrogen-bond donors (Lipinski definition) is 1. The van der Waals surface area contributed by atoms with Crippen LogP contribution in [0.25, 0.3) is 10.9 Å². The highest BCUT2D eigenvalue weighted by Crippen LogP contribution is 2.22. The molecule has 3 rings (SSSR count). The minimum atomic E-state index is -0.221. The zero-order valence-electron chi connectivity index (χ0n) is 17.5. The van der Waals surface area contributed by atoms with Crippen LogP contribution in [0.3, 0.4) is 0 Å². The number of halogens is 1. The molecule has 158 valence electrons. The van der Waals surface area contributed by atoms with Crippen LogP contribution >= 0.6 is 23.4 Å².